The van der Waals surface area contributed by atoms with Gasteiger partial charge in [0.15, 0.2) is 0 Å². The highest BCUT2D eigenvalue weighted by Crippen LogP contribution is 2.26. The molecular formula is C26H31N3O. The number of amides is 1. The molecule has 1 N–H and O–H groups in total. The first-order valence-electron chi connectivity index (χ1n) is 11.1. The van der Waals surface area contributed by atoms with E-state index in [1.807, 2.05) is 35.9 Å². The molecule has 0 saturated heterocycles. The lowest BCUT2D eigenvalue weighted by molar-refractivity contribution is 0.0935. The van der Waals surface area contributed by atoms with Gasteiger partial charge in [0.05, 0.1) is 18.3 Å². The Hall–Kier alpha value is -2.88. The first-order valence-corrected chi connectivity index (χ1v) is 11.1. The number of fused-ring (bicyclic) bond motifs is 1. The first-order chi connectivity index (χ1) is 14.5. The van der Waals surface area contributed by atoms with Gasteiger partial charge in [-0.25, -0.2) is 0 Å². The van der Waals surface area contributed by atoms with Gasteiger partial charge in [-0.15, -0.1) is 0 Å². The van der Waals surface area contributed by atoms with Gasteiger partial charge in [-0.05, 0) is 86.4 Å². The van der Waals surface area contributed by atoms with Crippen LogP contribution in [-0.4, -0.2) is 15.7 Å². The average molecular weight is 402 g/mol. The molecule has 0 saturated carbocycles. The van der Waals surface area contributed by atoms with Crippen LogP contribution in [0, 0.1) is 13.8 Å². The van der Waals surface area contributed by atoms with Crippen molar-refractivity contribution in [3.05, 3.63) is 87.7 Å². The molecule has 0 unspecified atom stereocenters. The second-order valence-corrected chi connectivity index (χ2v) is 8.45. The summed E-state index contributed by atoms with van der Waals surface area (Å²) in [6.45, 7) is 6.91. The van der Waals surface area contributed by atoms with Gasteiger partial charge in [0.25, 0.3) is 5.91 Å². The van der Waals surface area contributed by atoms with Gasteiger partial charge in [0, 0.05) is 11.3 Å². The third-order valence-electron chi connectivity index (χ3n) is 6.14. The van der Waals surface area contributed by atoms with Crippen LogP contribution in [0.15, 0.2) is 48.5 Å². The zero-order valence-electron chi connectivity index (χ0n) is 18.2. The molecule has 4 heteroatoms. The number of aryl methyl sites for hydroxylation is 4. The van der Waals surface area contributed by atoms with Gasteiger partial charge < -0.3 is 5.32 Å². The second kappa shape index (κ2) is 8.86. The van der Waals surface area contributed by atoms with Gasteiger partial charge in [0.1, 0.15) is 0 Å². The molecule has 156 valence electrons. The van der Waals surface area contributed by atoms with E-state index in [0.717, 1.165) is 29.8 Å². The fraction of sp³-hybridized carbons (Fsp3) is 0.385. The van der Waals surface area contributed by atoms with Crippen LogP contribution in [0.1, 0.15) is 76.2 Å². The Morgan fingerprint density at radius 3 is 2.43 bits per heavy atom. The molecule has 2 aromatic carbocycles. The number of benzene rings is 2. The SMILES string of the molecule is CC[C@@H](NC(=O)c1ccc(Cn2nc(C)cc2C)cc1)c1ccc2c(c1)CCCC2. The van der Waals surface area contributed by atoms with Crippen LogP contribution in [0.25, 0.3) is 0 Å². The van der Waals surface area contributed by atoms with Crippen molar-refractivity contribution >= 4 is 5.91 Å². The van der Waals surface area contributed by atoms with Gasteiger partial charge in [-0.2, -0.15) is 5.10 Å². The minimum absolute atomic E-state index is 0.0164. The molecule has 0 spiro atoms. The van der Waals surface area contributed by atoms with Crippen LogP contribution in [-0.2, 0) is 19.4 Å². The molecule has 0 fully saturated rings. The molecule has 1 aliphatic rings. The van der Waals surface area contributed by atoms with E-state index in [9.17, 15) is 4.79 Å². The average Bonchev–Trinajstić information content (AvgIpc) is 3.08. The zero-order valence-corrected chi connectivity index (χ0v) is 18.2. The standard InChI is InChI=1S/C26H31N3O/c1-4-25(24-14-13-21-7-5-6-8-23(21)16-24)27-26(30)22-11-9-20(10-12-22)17-29-19(3)15-18(2)28-29/h9-16,25H,4-8,17H2,1-3H3,(H,27,30)/t25-/m1/s1. The normalized spacial score (nSPS) is 14.2. The Bertz CT molecular complexity index is 1030. The molecule has 4 rings (SSSR count). The van der Waals surface area contributed by atoms with Crippen molar-refractivity contribution in [2.24, 2.45) is 0 Å². The minimum Gasteiger partial charge on any atom is -0.345 e. The van der Waals surface area contributed by atoms with Gasteiger partial charge in [0.2, 0.25) is 0 Å². The summed E-state index contributed by atoms with van der Waals surface area (Å²) < 4.78 is 1.99. The Kier molecular flexibility index (Phi) is 6.03. The van der Waals surface area contributed by atoms with E-state index in [-0.39, 0.29) is 11.9 Å². The number of hydrogen-bond donors (Lipinski definition) is 1. The summed E-state index contributed by atoms with van der Waals surface area (Å²) in [4.78, 5) is 12.9. The number of hydrogen-bond acceptors (Lipinski definition) is 2. The van der Waals surface area contributed by atoms with E-state index in [2.05, 4.69) is 48.5 Å². The first kappa shape index (κ1) is 20.4. The van der Waals surface area contributed by atoms with Crippen molar-refractivity contribution in [3.8, 4) is 0 Å². The molecule has 0 radical (unpaired) electrons. The van der Waals surface area contributed by atoms with Crippen molar-refractivity contribution in [2.75, 3.05) is 0 Å². The molecular weight excluding hydrogens is 370 g/mol. The summed E-state index contributed by atoms with van der Waals surface area (Å²) >= 11 is 0. The number of nitrogens with one attached hydrogen (secondary N) is 1. The van der Waals surface area contributed by atoms with Crippen LogP contribution in [0.5, 0.6) is 0 Å². The lowest BCUT2D eigenvalue weighted by atomic mass is 9.88. The maximum Gasteiger partial charge on any atom is 0.251 e. The zero-order chi connectivity index (χ0) is 21.1. The largest absolute Gasteiger partial charge is 0.345 e. The maximum absolute atomic E-state index is 12.9. The van der Waals surface area contributed by atoms with Crippen LogP contribution in [0.4, 0.5) is 0 Å². The summed E-state index contributed by atoms with van der Waals surface area (Å²) in [5.41, 5.74) is 8.15. The molecule has 0 bridgehead atoms. The Labute approximate surface area is 179 Å². The van der Waals surface area contributed by atoms with E-state index in [4.69, 9.17) is 0 Å². The van der Waals surface area contributed by atoms with E-state index >= 15 is 0 Å². The lowest BCUT2D eigenvalue weighted by Crippen LogP contribution is -2.28. The van der Waals surface area contributed by atoms with E-state index in [1.54, 1.807) is 0 Å². The molecule has 1 heterocycles. The van der Waals surface area contributed by atoms with Crippen molar-refractivity contribution in [1.82, 2.24) is 15.1 Å². The minimum atomic E-state index is -0.0164. The third kappa shape index (κ3) is 4.48. The van der Waals surface area contributed by atoms with Gasteiger partial charge in [-0.1, -0.05) is 37.3 Å². The summed E-state index contributed by atoms with van der Waals surface area (Å²) in [6.07, 6.45) is 5.77. The van der Waals surface area contributed by atoms with Crippen LogP contribution in [0.2, 0.25) is 0 Å². The highest BCUT2D eigenvalue weighted by atomic mass is 16.1. The monoisotopic (exact) mass is 401 g/mol. The summed E-state index contributed by atoms with van der Waals surface area (Å²) in [5.74, 6) is -0.0164. The Morgan fingerprint density at radius 1 is 1.03 bits per heavy atom. The summed E-state index contributed by atoms with van der Waals surface area (Å²) in [7, 11) is 0. The molecule has 4 nitrogen and oxygen atoms in total. The highest BCUT2D eigenvalue weighted by molar-refractivity contribution is 5.94. The molecule has 0 aliphatic heterocycles. The number of nitrogens with zero attached hydrogens (tertiary/aromatic N) is 2. The van der Waals surface area contributed by atoms with Crippen molar-refractivity contribution in [1.29, 1.82) is 0 Å². The van der Waals surface area contributed by atoms with E-state index in [0.29, 0.717) is 12.1 Å². The topological polar surface area (TPSA) is 46.9 Å². The molecule has 3 aromatic rings. The number of carbonyl (C=O) groups is 1. The maximum atomic E-state index is 12.9. The molecule has 1 aromatic heterocycles. The van der Waals surface area contributed by atoms with Crippen LogP contribution in [0.3, 0.4) is 0 Å². The predicted octanol–water partition coefficient (Wildman–Crippen LogP) is 5.31. The fourth-order valence-electron chi connectivity index (χ4n) is 4.40. The van der Waals surface area contributed by atoms with Gasteiger partial charge in [-0.3, -0.25) is 9.48 Å². The second-order valence-electron chi connectivity index (χ2n) is 8.45. The van der Waals surface area contributed by atoms with Crippen molar-refractivity contribution in [3.63, 3.8) is 0 Å². The number of aromatic nitrogens is 2. The van der Waals surface area contributed by atoms with Crippen molar-refractivity contribution in [2.45, 2.75) is 65.5 Å². The molecule has 1 atom stereocenters. The fourth-order valence-corrected chi connectivity index (χ4v) is 4.40. The quantitative estimate of drug-likeness (QED) is 0.609. The van der Waals surface area contributed by atoms with E-state index in [1.165, 1.54) is 36.0 Å². The molecule has 30 heavy (non-hydrogen) atoms. The van der Waals surface area contributed by atoms with Crippen molar-refractivity contribution < 1.29 is 4.79 Å². The summed E-state index contributed by atoms with van der Waals surface area (Å²) in [5, 5.41) is 7.75. The summed E-state index contributed by atoms with van der Waals surface area (Å²) in [6, 6.07) is 16.7. The molecule has 1 aliphatic carbocycles. The Morgan fingerprint density at radius 2 is 1.77 bits per heavy atom. The van der Waals surface area contributed by atoms with Crippen LogP contribution >= 0.6 is 0 Å². The Balaban J connectivity index is 1.44. The smallest absolute Gasteiger partial charge is 0.251 e. The van der Waals surface area contributed by atoms with Gasteiger partial charge >= 0.3 is 0 Å². The number of carbonyl (C=O) groups excluding carboxylic acids is 1. The predicted molar refractivity (Wildman–Crippen MR) is 121 cm³/mol. The molecule has 1 amide bonds. The van der Waals surface area contributed by atoms with E-state index < -0.39 is 0 Å². The number of rotatable bonds is 6. The highest BCUT2D eigenvalue weighted by Gasteiger charge is 2.17. The third-order valence-corrected chi connectivity index (χ3v) is 6.14. The van der Waals surface area contributed by atoms with Crippen LogP contribution < -0.4 is 5.32 Å². The lowest BCUT2D eigenvalue weighted by Gasteiger charge is -2.22.